The Morgan fingerprint density at radius 2 is 2.24 bits per heavy atom. The summed E-state index contributed by atoms with van der Waals surface area (Å²) in [5.41, 5.74) is 3.83. The van der Waals surface area contributed by atoms with Gasteiger partial charge in [0.05, 0.1) is 22.3 Å². The topological polar surface area (TPSA) is 98.6 Å². The molecule has 0 bridgehead atoms. The van der Waals surface area contributed by atoms with Crippen LogP contribution >= 0.6 is 11.3 Å². The van der Waals surface area contributed by atoms with E-state index in [1.54, 1.807) is 18.3 Å². The van der Waals surface area contributed by atoms with Crippen LogP contribution in [0, 0.1) is 18.3 Å². The average Bonchev–Trinajstić information content (AvgIpc) is 3.10. The molecule has 0 radical (unpaired) electrons. The van der Waals surface area contributed by atoms with E-state index < -0.39 is 10.0 Å². The molecule has 3 aromatic rings. The van der Waals surface area contributed by atoms with Crippen molar-refractivity contribution in [3.05, 3.63) is 40.3 Å². The second kappa shape index (κ2) is 4.87. The number of nitrogens with one attached hydrogen (secondary N) is 2. The van der Waals surface area contributed by atoms with Crippen molar-refractivity contribution < 1.29 is 8.42 Å². The predicted molar refractivity (Wildman–Crippen MR) is 80.7 cm³/mol. The largest absolute Gasteiger partial charge is 0.358 e. The molecule has 8 heteroatoms. The summed E-state index contributed by atoms with van der Waals surface area (Å²) in [6.45, 7) is 1.87. The van der Waals surface area contributed by atoms with Gasteiger partial charge in [-0.1, -0.05) is 6.07 Å². The number of thiazole rings is 1. The van der Waals surface area contributed by atoms with Crippen LogP contribution in [0.1, 0.15) is 11.1 Å². The molecule has 0 saturated carbocycles. The van der Waals surface area contributed by atoms with E-state index >= 15 is 0 Å². The van der Waals surface area contributed by atoms with Gasteiger partial charge in [-0.05, 0) is 18.6 Å². The van der Waals surface area contributed by atoms with Crippen LogP contribution in [-0.4, -0.2) is 18.4 Å². The molecule has 0 unspecified atom stereocenters. The molecule has 2 N–H and O–H groups in total. The predicted octanol–water partition coefficient (Wildman–Crippen LogP) is 2.61. The molecule has 0 saturated heterocycles. The number of rotatable bonds is 3. The lowest BCUT2D eigenvalue weighted by molar-refractivity contribution is 0.598. The number of nitrogens with zero attached hydrogens (tertiary/aromatic N) is 2. The maximum absolute atomic E-state index is 12.2. The fourth-order valence-corrected chi connectivity index (χ4v) is 4.03. The number of aromatic amines is 1. The molecule has 3 rings (SSSR count). The molecule has 2 aromatic heterocycles. The van der Waals surface area contributed by atoms with Crippen molar-refractivity contribution in [1.82, 2.24) is 9.97 Å². The molecule has 0 aliphatic rings. The quantitative estimate of drug-likeness (QED) is 0.775. The van der Waals surface area contributed by atoms with Crippen LogP contribution in [-0.2, 0) is 10.0 Å². The van der Waals surface area contributed by atoms with Gasteiger partial charge >= 0.3 is 0 Å². The molecule has 0 fully saturated rings. The number of hydrogen-bond acceptors (Lipinski definition) is 5. The fraction of sp³-hybridized carbons (Fsp3) is 0.0769. The Balaban J connectivity index is 2.13. The first-order valence-electron chi connectivity index (χ1n) is 5.95. The summed E-state index contributed by atoms with van der Waals surface area (Å²) < 4.78 is 26.9. The van der Waals surface area contributed by atoms with Gasteiger partial charge in [-0.15, -0.1) is 11.3 Å². The first-order valence-corrected chi connectivity index (χ1v) is 8.37. The van der Waals surface area contributed by atoms with Crippen LogP contribution in [0.2, 0.25) is 0 Å². The van der Waals surface area contributed by atoms with Crippen molar-refractivity contribution in [1.29, 1.82) is 5.26 Å². The zero-order chi connectivity index (χ0) is 15.0. The highest BCUT2D eigenvalue weighted by Gasteiger charge is 2.19. The zero-order valence-electron chi connectivity index (χ0n) is 10.9. The van der Waals surface area contributed by atoms with Crippen molar-refractivity contribution in [2.45, 2.75) is 11.9 Å². The van der Waals surface area contributed by atoms with E-state index in [0.717, 1.165) is 10.9 Å². The number of benzene rings is 1. The number of sulfonamides is 1. The molecule has 0 atom stereocenters. The van der Waals surface area contributed by atoms with Gasteiger partial charge < -0.3 is 4.98 Å². The normalized spacial score (nSPS) is 11.4. The second-order valence-electron chi connectivity index (χ2n) is 4.43. The highest BCUT2D eigenvalue weighted by Crippen LogP contribution is 2.29. The Morgan fingerprint density at radius 1 is 1.43 bits per heavy atom. The third-order valence-electron chi connectivity index (χ3n) is 3.09. The van der Waals surface area contributed by atoms with Crippen molar-refractivity contribution in [2.24, 2.45) is 0 Å². The van der Waals surface area contributed by atoms with E-state index in [-0.39, 0.29) is 5.03 Å². The van der Waals surface area contributed by atoms with Gasteiger partial charge in [0.1, 0.15) is 6.07 Å². The lowest BCUT2D eigenvalue weighted by atomic mass is 10.1. The molecule has 2 heterocycles. The average molecular weight is 318 g/mol. The van der Waals surface area contributed by atoms with Gasteiger partial charge in [-0.25, -0.2) is 4.98 Å². The summed E-state index contributed by atoms with van der Waals surface area (Å²) >= 11 is 1.21. The Hall–Kier alpha value is -2.37. The number of nitriles is 1. The van der Waals surface area contributed by atoms with Gasteiger partial charge in [0.25, 0.3) is 10.0 Å². The Kier molecular flexibility index (Phi) is 3.16. The van der Waals surface area contributed by atoms with E-state index in [9.17, 15) is 8.42 Å². The van der Waals surface area contributed by atoms with E-state index in [4.69, 9.17) is 5.26 Å². The van der Waals surface area contributed by atoms with Gasteiger partial charge in [0.2, 0.25) is 0 Å². The Labute approximate surface area is 125 Å². The summed E-state index contributed by atoms with van der Waals surface area (Å²) in [6, 6.07) is 5.53. The van der Waals surface area contributed by atoms with Gasteiger partial charge in [0.15, 0.2) is 5.03 Å². The Bertz CT molecular complexity index is 950. The molecule has 21 heavy (non-hydrogen) atoms. The maximum Gasteiger partial charge on any atom is 0.280 e. The van der Waals surface area contributed by atoms with Gasteiger partial charge in [0, 0.05) is 17.0 Å². The SMILES string of the molecule is Cc1ccc(NS(=O)(=O)c2cscn2)c2[nH]cc(C#N)c12. The monoisotopic (exact) mass is 318 g/mol. The fourth-order valence-electron chi connectivity index (χ4n) is 2.12. The number of aryl methyl sites for hydroxylation is 1. The maximum atomic E-state index is 12.2. The third-order valence-corrected chi connectivity index (χ3v) is 5.09. The molecule has 1 aromatic carbocycles. The first kappa shape index (κ1) is 13.6. The first-order chi connectivity index (χ1) is 10.0. The van der Waals surface area contributed by atoms with Crippen LogP contribution in [0.15, 0.2) is 34.2 Å². The van der Waals surface area contributed by atoms with E-state index in [1.165, 1.54) is 22.2 Å². The number of hydrogen-bond donors (Lipinski definition) is 2. The van der Waals surface area contributed by atoms with Crippen molar-refractivity contribution in [2.75, 3.05) is 4.72 Å². The molecule has 0 spiro atoms. The highest BCUT2D eigenvalue weighted by atomic mass is 32.2. The summed E-state index contributed by atoms with van der Waals surface area (Å²) in [6.07, 6.45) is 1.57. The smallest absolute Gasteiger partial charge is 0.280 e. The van der Waals surface area contributed by atoms with Gasteiger partial charge in [-0.3, -0.25) is 4.72 Å². The molecule has 6 nitrogen and oxygen atoms in total. The van der Waals surface area contributed by atoms with Gasteiger partial charge in [-0.2, -0.15) is 13.7 Å². The third kappa shape index (κ3) is 2.26. The molecule has 0 aliphatic carbocycles. The minimum atomic E-state index is -3.73. The summed E-state index contributed by atoms with van der Waals surface area (Å²) in [4.78, 5) is 6.76. The van der Waals surface area contributed by atoms with Crippen molar-refractivity contribution >= 4 is 38.0 Å². The highest BCUT2D eigenvalue weighted by molar-refractivity contribution is 7.92. The Morgan fingerprint density at radius 3 is 2.90 bits per heavy atom. The zero-order valence-corrected chi connectivity index (χ0v) is 12.5. The summed E-state index contributed by atoms with van der Waals surface area (Å²) in [5, 5.41) is 11.3. The van der Waals surface area contributed by atoms with Crippen LogP contribution < -0.4 is 4.72 Å². The number of aromatic nitrogens is 2. The van der Waals surface area contributed by atoms with E-state index in [0.29, 0.717) is 16.8 Å². The molecule has 0 aliphatic heterocycles. The molecule has 0 amide bonds. The van der Waals surface area contributed by atoms with Crippen molar-refractivity contribution in [3.63, 3.8) is 0 Å². The molecular weight excluding hydrogens is 308 g/mol. The summed E-state index contributed by atoms with van der Waals surface area (Å²) in [5.74, 6) is 0. The summed E-state index contributed by atoms with van der Waals surface area (Å²) in [7, 11) is -3.73. The molecule has 106 valence electrons. The van der Waals surface area contributed by atoms with Crippen molar-refractivity contribution in [3.8, 4) is 6.07 Å². The van der Waals surface area contributed by atoms with Crippen LogP contribution in [0.3, 0.4) is 0 Å². The minimum Gasteiger partial charge on any atom is -0.358 e. The number of H-pyrrole nitrogens is 1. The standard InChI is InChI=1S/C13H10N4O2S2/c1-8-2-3-10(13-12(8)9(4-14)5-15-13)17-21(18,19)11-6-20-7-16-11/h2-3,5-7,15,17H,1H3. The lowest BCUT2D eigenvalue weighted by Crippen LogP contribution is -2.13. The number of fused-ring (bicyclic) bond motifs is 1. The molecular formula is C13H10N4O2S2. The lowest BCUT2D eigenvalue weighted by Gasteiger charge is -2.08. The van der Waals surface area contributed by atoms with Crippen LogP contribution in [0.5, 0.6) is 0 Å². The van der Waals surface area contributed by atoms with E-state index in [2.05, 4.69) is 20.8 Å². The minimum absolute atomic E-state index is 0.0201. The van der Waals surface area contributed by atoms with Crippen LogP contribution in [0.25, 0.3) is 10.9 Å². The number of anilines is 1. The van der Waals surface area contributed by atoms with Crippen LogP contribution in [0.4, 0.5) is 5.69 Å². The van der Waals surface area contributed by atoms with E-state index in [1.807, 2.05) is 6.92 Å². The second-order valence-corrected chi connectivity index (χ2v) is 6.77.